The van der Waals surface area contributed by atoms with Gasteiger partial charge >= 0.3 is 10.2 Å². The minimum atomic E-state index is -4.97. The summed E-state index contributed by atoms with van der Waals surface area (Å²) < 4.78 is 44.7. The van der Waals surface area contributed by atoms with E-state index in [-0.39, 0.29) is 11.5 Å². The first-order valence-electron chi connectivity index (χ1n) is 11.2. The van der Waals surface area contributed by atoms with E-state index in [0.29, 0.717) is 61.8 Å². The number of rotatable bonds is 5. The van der Waals surface area contributed by atoms with E-state index in [4.69, 9.17) is 4.74 Å². The lowest BCUT2D eigenvalue weighted by Gasteiger charge is -2.18. The fourth-order valence-corrected chi connectivity index (χ4v) is 4.97. The van der Waals surface area contributed by atoms with Gasteiger partial charge in [0.25, 0.3) is 0 Å². The number of halogens is 1. The maximum atomic E-state index is 13.8. The van der Waals surface area contributed by atoms with Crippen LogP contribution in [0.1, 0.15) is 26.3 Å². The van der Waals surface area contributed by atoms with Gasteiger partial charge in [-0.3, -0.25) is 9.78 Å². The van der Waals surface area contributed by atoms with Crippen molar-refractivity contribution in [1.29, 1.82) is 5.26 Å². The number of nitrogens with zero attached hydrogens (tertiary/aromatic N) is 3. The Balaban J connectivity index is 1.91. The van der Waals surface area contributed by atoms with Crippen molar-refractivity contribution in [2.75, 3.05) is 0 Å². The predicted octanol–water partition coefficient (Wildman–Crippen LogP) is 5.03. The molecule has 5 aromatic rings. The molecule has 2 aromatic carbocycles. The lowest BCUT2D eigenvalue weighted by atomic mass is 10.0. The van der Waals surface area contributed by atoms with E-state index in [1.54, 1.807) is 30.3 Å². The van der Waals surface area contributed by atoms with Crippen LogP contribution in [0.25, 0.3) is 44.0 Å². The summed E-state index contributed by atoms with van der Waals surface area (Å²) in [6.07, 6.45) is 2.10. The normalized spacial score (nSPS) is 12.0. The van der Waals surface area contributed by atoms with Crippen LogP contribution >= 0.6 is 0 Å². The highest BCUT2D eigenvalue weighted by Gasteiger charge is 2.21. The largest absolute Gasteiger partial charge is 0.490 e. The van der Waals surface area contributed by atoms with E-state index in [1.807, 2.05) is 25.3 Å². The molecule has 36 heavy (non-hydrogen) atoms. The first-order chi connectivity index (χ1) is 17.1. The molecular weight excluding hydrogens is 483 g/mol. The average molecular weight is 505 g/mol. The zero-order valence-electron chi connectivity index (χ0n) is 19.7. The second-order valence-electron chi connectivity index (χ2n) is 8.67. The molecule has 0 aliphatic heterocycles. The van der Waals surface area contributed by atoms with E-state index >= 15 is 0 Å². The van der Waals surface area contributed by atoms with Crippen LogP contribution in [0, 0.1) is 11.3 Å². The van der Waals surface area contributed by atoms with E-state index in [2.05, 4.69) is 16.0 Å². The minimum absolute atomic E-state index is 0.209. The second kappa shape index (κ2) is 8.46. The van der Waals surface area contributed by atoms with Crippen molar-refractivity contribution in [3.8, 4) is 22.9 Å². The van der Waals surface area contributed by atoms with Gasteiger partial charge in [0, 0.05) is 41.0 Å². The number of ether oxygens (including phenoxy) is 1. The lowest BCUT2D eigenvalue weighted by Crippen LogP contribution is -2.12. The Hall–Kier alpha value is -4.23. The maximum absolute atomic E-state index is 13.8. The third-order valence-electron chi connectivity index (χ3n) is 6.02. The van der Waals surface area contributed by atoms with Crippen LogP contribution in [0.15, 0.2) is 58.5 Å². The van der Waals surface area contributed by atoms with Gasteiger partial charge in [-0.1, -0.05) is 6.07 Å². The number of fused-ring (bicyclic) bond motifs is 4. The molecule has 0 spiro atoms. The van der Waals surface area contributed by atoms with Crippen molar-refractivity contribution in [3.63, 3.8) is 0 Å². The third-order valence-corrected chi connectivity index (χ3v) is 6.81. The number of H-pyrrole nitrogens is 1. The first kappa shape index (κ1) is 23.5. The Bertz CT molecular complexity index is 1900. The van der Waals surface area contributed by atoms with Gasteiger partial charge in [0.2, 0.25) is 0 Å². The number of nitrogens with one attached hydrogen (secondary N) is 1. The highest BCUT2D eigenvalue weighted by atomic mass is 32.3. The van der Waals surface area contributed by atoms with Gasteiger partial charge in [0.1, 0.15) is 16.3 Å². The fourth-order valence-electron chi connectivity index (χ4n) is 4.52. The molecule has 0 saturated carbocycles. The van der Waals surface area contributed by atoms with E-state index in [9.17, 15) is 22.4 Å². The first-order valence-corrected chi connectivity index (χ1v) is 12.6. The van der Waals surface area contributed by atoms with Gasteiger partial charge in [0.05, 0.1) is 34.0 Å². The van der Waals surface area contributed by atoms with Crippen molar-refractivity contribution >= 4 is 43.1 Å². The van der Waals surface area contributed by atoms with Gasteiger partial charge in [0.15, 0.2) is 5.43 Å². The van der Waals surface area contributed by atoms with Gasteiger partial charge in [-0.05, 0) is 51.1 Å². The number of hydrogen-bond acceptors (Lipinski definition) is 6. The van der Waals surface area contributed by atoms with E-state index in [0.717, 1.165) is 6.20 Å². The molecule has 0 unspecified atom stereocenters. The Morgan fingerprint density at radius 2 is 1.94 bits per heavy atom. The van der Waals surface area contributed by atoms with Crippen LogP contribution in [0.3, 0.4) is 0 Å². The van der Waals surface area contributed by atoms with E-state index < -0.39 is 15.1 Å². The zero-order chi connectivity index (χ0) is 25.8. The molecular formula is C26H21FN4O4S. The SMILES string of the molecule is CCn1c2cc(-c3cncc(S(=O)(=O)F)c3)c(OC(C)C)cc2c(=O)c2c3ccc(C#N)cc3[nH]c21. The molecule has 0 bridgehead atoms. The van der Waals surface area contributed by atoms with Gasteiger partial charge in [-0.2, -0.15) is 13.7 Å². The standard InChI is InChI=1S/C26H21FN4O4S/c1-4-31-22-9-19(16-8-17(13-29-12-16)36(27,33)34)23(35-14(2)3)10-20(22)25(32)24-18-6-5-15(11-28)7-21(18)30-26(24)31/h5-10,12-14,30H,4H2,1-3H3. The third kappa shape index (κ3) is 3.78. The molecule has 0 saturated heterocycles. The average Bonchev–Trinajstić information content (AvgIpc) is 3.22. The number of nitriles is 1. The molecule has 0 amide bonds. The number of hydrogen-bond donors (Lipinski definition) is 1. The van der Waals surface area contributed by atoms with Crippen LogP contribution in [-0.2, 0) is 16.8 Å². The van der Waals surface area contributed by atoms with Crippen LogP contribution in [0.4, 0.5) is 3.89 Å². The number of benzene rings is 2. The highest BCUT2D eigenvalue weighted by molar-refractivity contribution is 7.86. The number of aromatic amines is 1. The molecule has 3 heterocycles. The Morgan fingerprint density at radius 1 is 1.17 bits per heavy atom. The summed E-state index contributed by atoms with van der Waals surface area (Å²) in [6, 6.07) is 11.8. The molecule has 0 aliphatic carbocycles. The Kier molecular flexibility index (Phi) is 5.53. The molecule has 0 radical (unpaired) electrons. The predicted molar refractivity (Wildman–Crippen MR) is 135 cm³/mol. The number of pyridine rings is 2. The molecule has 0 atom stereocenters. The quantitative estimate of drug-likeness (QED) is 0.335. The van der Waals surface area contributed by atoms with Crippen molar-refractivity contribution < 1.29 is 17.0 Å². The van der Waals surface area contributed by atoms with Crippen molar-refractivity contribution in [2.45, 2.75) is 38.3 Å². The molecule has 0 aliphatic rings. The smallest absolute Gasteiger partial charge is 0.333 e. The van der Waals surface area contributed by atoms with Crippen LogP contribution in [0.2, 0.25) is 0 Å². The molecule has 8 nitrogen and oxygen atoms in total. The molecule has 5 rings (SSSR count). The molecule has 0 fully saturated rings. The summed E-state index contributed by atoms with van der Waals surface area (Å²) in [5.74, 6) is 0.346. The lowest BCUT2D eigenvalue weighted by molar-refractivity contribution is 0.244. The monoisotopic (exact) mass is 504 g/mol. The summed E-state index contributed by atoms with van der Waals surface area (Å²) in [4.78, 5) is 20.4. The molecule has 1 N–H and O–H groups in total. The van der Waals surface area contributed by atoms with Gasteiger partial charge in [-0.15, -0.1) is 3.89 Å². The Labute approximate surface area is 205 Å². The maximum Gasteiger partial charge on any atom is 0.333 e. The van der Waals surface area contributed by atoms with Crippen LogP contribution in [-0.4, -0.2) is 29.1 Å². The summed E-state index contributed by atoms with van der Waals surface area (Å²) in [5.41, 5.74) is 2.92. The van der Waals surface area contributed by atoms with Crippen LogP contribution < -0.4 is 10.2 Å². The minimum Gasteiger partial charge on any atom is -0.490 e. The zero-order valence-corrected chi connectivity index (χ0v) is 20.5. The second-order valence-corrected chi connectivity index (χ2v) is 10.0. The van der Waals surface area contributed by atoms with Gasteiger partial charge in [-0.25, -0.2) is 0 Å². The van der Waals surface area contributed by atoms with Crippen LogP contribution in [0.5, 0.6) is 5.75 Å². The molecule has 3 aromatic heterocycles. The summed E-state index contributed by atoms with van der Waals surface area (Å²) in [7, 11) is -4.97. The van der Waals surface area contributed by atoms with Crippen molar-refractivity contribution in [1.82, 2.24) is 14.5 Å². The summed E-state index contributed by atoms with van der Waals surface area (Å²) in [6.45, 7) is 6.10. The molecule has 10 heteroatoms. The van der Waals surface area contributed by atoms with Crippen molar-refractivity contribution in [3.05, 3.63) is 64.6 Å². The Morgan fingerprint density at radius 3 is 2.61 bits per heavy atom. The fraction of sp³-hybridized carbons (Fsp3) is 0.192. The topological polar surface area (TPSA) is 118 Å². The highest BCUT2D eigenvalue weighted by Crippen LogP contribution is 2.37. The van der Waals surface area contributed by atoms with Gasteiger partial charge < -0.3 is 14.3 Å². The van der Waals surface area contributed by atoms with Crippen molar-refractivity contribution in [2.24, 2.45) is 0 Å². The number of aryl methyl sites for hydroxylation is 1. The molecule has 182 valence electrons. The summed E-state index contributed by atoms with van der Waals surface area (Å²) in [5, 5.41) is 10.9. The van der Waals surface area contributed by atoms with E-state index in [1.165, 1.54) is 12.3 Å². The number of aromatic nitrogens is 3. The summed E-state index contributed by atoms with van der Waals surface area (Å²) >= 11 is 0.